The summed E-state index contributed by atoms with van der Waals surface area (Å²) in [6, 6.07) is 5.97. The van der Waals surface area contributed by atoms with E-state index in [9.17, 15) is 4.39 Å². The van der Waals surface area contributed by atoms with E-state index in [0.29, 0.717) is 11.6 Å². The summed E-state index contributed by atoms with van der Waals surface area (Å²) in [5, 5.41) is 6.49. The molecule has 0 radical (unpaired) electrons. The van der Waals surface area contributed by atoms with Gasteiger partial charge in [-0.15, -0.1) is 11.3 Å². The third-order valence-electron chi connectivity index (χ3n) is 3.14. The van der Waals surface area contributed by atoms with Gasteiger partial charge in [-0.25, -0.2) is 9.37 Å². The Morgan fingerprint density at radius 1 is 1.44 bits per heavy atom. The van der Waals surface area contributed by atoms with Gasteiger partial charge >= 0.3 is 0 Å². The van der Waals surface area contributed by atoms with Crippen LogP contribution in [0.5, 0.6) is 0 Å². The van der Waals surface area contributed by atoms with Gasteiger partial charge in [0.15, 0.2) is 0 Å². The Hall–Kier alpha value is -1.26. The Morgan fingerprint density at radius 2 is 2.28 bits per heavy atom. The van der Waals surface area contributed by atoms with Crippen molar-refractivity contribution in [2.45, 2.75) is 32.4 Å². The van der Waals surface area contributed by atoms with E-state index in [-0.39, 0.29) is 5.82 Å². The first-order valence-electron chi connectivity index (χ1n) is 6.17. The molecule has 0 aliphatic heterocycles. The molecule has 3 rings (SSSR count). The van der Waals surface area contributed by atoms with E-state index in [0.717, 1.165) is 22.8 Å². The molecule has 0 atom stereocenters. The molecule has 18 heavy (non-hydrogen) atoms. The Kier molecular flexibility index (Phi) is 3.14. The third kappa shape index (κ3) is 2.60. The minimum Gasteiger partial charge on any atom is -0.308 e. The third-order valence-corrected chi connectivity index (χ3v) is 3.99. The highest BCUT2D eigenvalue weighted by Gasteiger charge is 2.20. The summed E-state index contributed by atoms with van der Waals surface area (Å²) in [6.07, 6.45) is 2.56. The molecule has 2 aromatic rings. The standard InChI is InChI=1S/C14H15FN2S/c1-9-2-3-10(6-12(9)15)13-8-18-14(17-13)7-16-11-4-5-11/h2-3,6,8,11,16H,4-5,7H2,1H3. The number of hydrogen-bond acceptors (Lipinski definition) is 3. The molecule has 2 nitrogen and oxygen atoms in total. The summed E-state index contributed by atoms with van der Waals surface area (Å²) < 4.78 is 13.5. The number of nitrogens with zero attached hydrogens (tertiary/aromatic N) is 1. The van der Waals surface area contributed by atoms with E-state index in [1.165, 1.54) is 12.8 Å². The average Bonchev–Trinajstić information content (AvgIpc) is 3.08. The van der Waals surface area contributed by atoms with Gasteiger partial charge in [-0.2, -0.15) is 0 Å². The number of aromatic nitrogens is 1. The summed E-state index contributed by atoms with van der Waals surface area (Å²) in [6.45, 7) is 2.59. The molecule has 1 fully saturated rings. The van der Waals surface area contributed by atoms with Gasteiger partial charge in [0.1, 0.15) is 10.8 Å². The molecule has 94 valence electrons. The molecule has 1 aromatic heterocycles. The predicted octanol–water partition coefficient (Wildman–Crippen LogP) is 3.51. The van der Waals surface area contributed by atoms with Gasteiger partial charge in [0.2, 0.25) is 0 Å². The fourth-order valence-electron chi connectivity index (χ4n) is 1.80. The minimum absolute atomic E-state index is 0.168. The maximum absolute atomic E-state index is 13.5. The van der Waals surface area contributed by atoms with Crippen LogP contribution in [0.3, 0.4) is 0 Å². The molecule has 1 aliphatic carbocycles. The summed E-state index contributed by atoms with van der Waals surface area (Å²) in [4.78, 5) is 4.54. The van der Waals surface area contributed by atoms with Gasteiger partial charge in [-0.1, -0.05) is 12.1 Å². The van der Waals surface area contributed by atoms with Crippen LogP contribution in [0, 0.1) is 12.7 Å². The number of benzene rings is 1. The van der Waals surface area contributed by atoms with Gasteiger partial charge in [0.05, 0.1) is 5.69 Å². The number of hydrogen-bond donors (Lipinski definition) is 1. The van der Waals surface area contributed by atoms with Gasteiger partial charge < -0.3 is 5.32 Å². The van der Waals surface area contributed by atoms with E-state index < -0.39 is 0 Å². The minimum atomic E-state index is -0.168. The molecular formula is C14H15FN2S. The van der Waals surface area contributed by atoms with E-state index in [1.807, 2.05) is 11.4 Å². The quantitative estimate of drug-likeness (QED) is 0.912. The van der Waals surface area contributed by atoms with Crippen LogP contribution in [0.4, 0.5) is 4.39 Å². The second kappa shape index (κ2) is 4.78. The van der Waals surface area contributed by atoms with Gasteiger partial charge in [0, 0.05) is 23.5 Å². The van der Waals surface area contributed by atoms with Crippen LogP contribution in [0.25, 0.3) is 11.3 Å². The zero-order valence-corrected chi connectivity index (χ0v) is 11.1. The van der Waals surface area contributed by atoms with Crippen molar-refractivity contribution in [3.8, 4) is 11.3 Å². The first-order chi connectivity index (χ1) is 8.72. The lowest BCUT2D eigenvalue weighted by molar-refractivity contribution is 0.619. The molecule has 4 heteroatoms. The van der Waals surface area contributed by atoms with Crippen LogP contribution in [0.1, 0.15) is 23.4 Å². The number of rotatable bonds is 4. The van der Waals surface area contributed by atoms with E-state index >= 15 is 0 Å². The maximum Gasteiger partial charge on any atom is 0.126 e. The van der Waals surface area contributed by atoms with Crippen LogP contribution in [0.2, 0.25) is 0 Å². The Labute approximate surface area is 110 Å². The predicted molar refractivity (Wildman–Crippen MR) is 72.1 cm³/mol. The normalized spacial score (nSPS) is 15.0. The van der Waals surface area contributed by atoms with Crippen molar-refractivity contribution in [3.63, 3.8) is 0 Å². The fourth-order valence-corrected chi connectivity index (χ4v) is 2.55. The van der Waals surface area contributed by atoms with Crippen LogP contribution < -0.4 is 5.32 Å². The van der Waals surface area contributed by atoms with Crippen LogP contribution in [-0.2, 0) is 6.54 Å². The van der Waals surface area contributed by atoms with Crippen molar-refractivity contribution in [3.05, 3.63) is 40.0 Å². The summed E-state index contributed by atoms with van der Waals surface area (Å²) in [5.74, 6) is -0.168. The highest BCUT2D eigenvalue weighted by Crippen LogP contribution is 2.25. The van der Waals surface area contributed by atoms with Crippen LogP contribution in [-0.4, -0.2) is 11.0 Å². The smallest absolute Gasteiger partial charge is 0.126 e. The van der Waals surface area contributed by atoms with Crippen molar-refractivity contribution in [1.82, 2.24) is 10.3 Å². The van der Waals surface area contributed by atoms with Crippen LogP contribution in [0.15, 0.2) is 23.6 Å². The lowest BCUT2D eigenvalue weighted by Crippen LogP contribution is -2.14. The van der Waals surface area contributed by atoms with Gasteiger partial charge in [-0.3, -0.25) is 0 Å². The monoisotopic (exact) mass is 262 g/mol. The molecule has 1 heterocycles. The molecule has 0 amide bonds. The largest absolute Gasteiger partial charge is 0.308 e. The van der Waals surface area contributed by atoms with Crippen molar-refractivity contribution in [2.75, 3.05) is 0 Å². The van der Waals surface area contributed by atoms with Crippen molar-refractivity contribution in [2.24, 2.45) is 0 Å². The van der Waals surface area contributed by atoms with Gasteiger partial charge in [-0.05, 0) is 31.4 Å². The lowest BCUT2D eigenvalue weighted by Gasteiger charge is -2.00. The average molecular weight is 262 g/mol. The van der Waals surface area contributed by atoms with Gasteiger partial charge in [0.25, 0.3) is 0 Å². The highest BCUT2D eigenvalue weighted by atomic mass is 32.1. The summed E-state index contributed by atoms with van der Waals surface area (Å²) in [7, 11) is 0. The molecule has 0 unspecified atom stereocenters. The van der Waals surface area contributed by atoms with E-state index in [2.05, 4.69) is 10.3 Å². The highest BCUT2D eigenvalue weighted by molar-refractivity contribution is 7.09. The second-order valence-corrected chi connectivity index (χ2v) is 5.69. The molecule has 0 bridgehead atoms. The Bertz CT molecular complexity index is 561. The van der Waals surface area contributed by atoms with Crippen molar-refractivity contribution < 1.29 is 4.39 Å². The molecular weight excluding hydrogens is 247 g/mol. The molecule has 1 saturated carbocycles. The first kappa shape index (κ1) is 11.8. The van der Waals surface area contributed by atoms with E-state index in [1.54, 1.807) is 30.4 Å². The fraction of sp³-hybridized carbons (Fsp3) is 0.357. The number of thiazole rings is 1. The van der Waals surface area contributed by atoms with E-state index in [4.69, 9.17) is 0 Å². The number of aryl methyl sites for hydroxylation is 1. The molecule has 0 spiro atoms. The SMILES string of the molecule is Cc1ccc(-c2csc(CNC3CC3)n2)cc1F. The Balaban J connectivity index is 1.76. The molecule has 1 aromatic carbocycles. The zero-order chi connectivity index (χ0) is 12.5. The second-order valence-electron chi connectivity index (χ2n) is 4.75. The molecule has 1 N–H and O–H groups in total. The number of halogens is 1. The topological polar surface area (TPSA) is 24.9 Å². The summed E-state index contributed by atoms with van der Waals surface area (Å²) >= 11 is 1.63. The summed E-state index contributed by atoms with van der Waals surface area (Å²) in [5.41, 5.74) is 2.39. The molecule has 0 saturated heterocycles. The van der Waals surface area contributed by atoms with Crippen molar-refractivity contribution in [1.29, 1.82) is 0 Å². The zero-order valence-electron chi connectivity index (χ0n) is 10.2. The van der Waals surface area contributed by atoms with Crippen molar-refractivity contribution >= 4 is 11.3 Å². The maximum atomic E-state index is 13.5. The van der Waals surface area contributed by atoms with Crippen LogP contribution >= 0.6 is 11.3 Å². The molecule has 1 aliphatic rings. The first-order valence-corrected chi connectivity index (χ1v) is 7.04. The Morgan fingerprint density at radius 3 is 3.00 bits per heavy atom. The number of nitrogens with one attached hydrogen (secondary N) is 1. The lowest BCUT2D eigenvalue weighted by atomic mass is 10.1.